The van der Waals surface area contributed by atoms with Gasteiger partial charge in [0.15, 0.2) is 0 Å². The number of benzene rings is 1. The molecule has 8 atom stereocenters. The number of aliphatic hydroxyl groups is 1. The summed E-state index contributed by atoms with van der Waals surface area (Å²) >= 11 is 0. The number of hydrogen-bond donors (Lipinski definition) is 2. The molecular weight excluding hydrogens is 546 g/mol. The predicted octanol–water partition coefficient (Wildman–Crippen LogP) is 4.48. The van der Waals surface area contributed by atoms with Crippen molar-refractivity contribution < 1.29 is 29.0 Å². The highest BCUT2D eigenvalue weighted by molar-refractivity contribution is 5.79. The fourth-order valence-corrected chi connectivity index (χ4v) is 5.94. The van der Waals surface area contributed by atoms with E-state index < -0.39 is 6.10 Å². The Bertz CT molecular complexity index is 945. The maximum atomic E-state index is 12.6. The summed E-state index contributed by atoms with van der Waals surface area (Å²) in [5.41, 5.74) is 0.803. The van der Waals surface area contributed by atoms with Gasteiger partial charge in [-0.1, -0.05) is 71.4 Å². The Labute approximate surface area is 260 Å². The van der Waals surface area contributed by atoms with Gasteiger partial charge in [0.1, 0.15) is 6.29 Å². The molecule has 43 heavy (non-hydrogen) atoms. The number of carbonyl (C=O) groups is 3. The standard InChI is InChI=1S/C19H30N2O3.C15H29NO3/c1-13(18(24-4)16-11-8-12-21(16)3)19(23)20-14(2)17(22)15-9-6-5-7-10-15;1-7-12(4)15(13(19-6)8-9-17)16(5)14(18)10-11(2)3/h5-7,9-10,13-14,16-18,22H,8,11-12H2,1-4H3,(H,20,23);9,11-13,15H,7-8,10H2,1-6H3. The van der Waals surface area contributed by atoms with Gasteiger partial charge in [-0.3, -0.25) is 9.59 Å². The molecule has 0 bridgehead atoms. The molecule has 0 radical (unpaired) electrons. The van der Waals surface area contributed by atoms with E-state index >= 15 is 0 Å². The maximum Gasteiger partial charge on any atom is 0.225 e. The van der Waals surface area contributed by atoms with Crippen LogP contribution in [0.15, 0.2) is 30.3 Å². The van der Waals surface area contributed by atoms with Crippen molar-refractivity contribution in [3.05, 3.63) is 35.9 Å². The second kappa shape index (κ2) is 19.8. The molecule has 9 nitrogen and oxygen atoms in total. The molecule has 0 aliphatic carbocycles. The first-order valence-electron chi connectivity index (χ1n) is 15.8. The lowest BCUT2D eigenvalue weighted by atomic mass is 9.91. The number of aliphatic hydroxyl groups excluding tert-OH is 1. The maximum absolute atomic E-state index is 12.6. The SMILES string of the molecule is CCC(C)C(C(CC=O)OC)N(C)C(=O)CC(C)C.COC(C(C)C(=O)NC(C)C(O)c1ccccc1)C1CCCN1C. The first kappa shape index (κ1) is 38.7. The molecule has 1 fully saturated rings. The largest absolute Gasteiger partial charge is 0.386 e. The smallest absolute Gasteiger partial charge is 0.225 e. The minimum absolute atomic E-state index is 0.0496. The Hall–Kier alpha value is -2.33. The van der Waals surface area contributed by atoms with Gasteiger partial charge < -0.3 is 34.5 Å². The number of methoxy groups -OCH3 is 2. The molecule has 1 aliphatic heterocycles. The van der Waals surface area contributed by atoms with Crippen molar-refractivity contribution in [1.82, 2.24) is 15.1 Å². The van der Waals surface area contributed by atoms with Crippen LogP contribution in [0.4, 0.5) is 0 Å². The first-order valence-corrected chi connectivity index (χ1v) is 15.8. The Morgan fingerprint density at radius 2 is 1.74 bits per heavy atom. The van der Waals surface area contributed by atoms with Crippen LogP contribution in [-0.2, 0) is 23.9 Å². The van der Waals surface area contributed by atoms with E-state index in [2.05, 4.69) is 31.1 Å². The minimum atomic E-state index is -0.725. The number of nitrogens with zero attached hydrogens (tertiary/aromatic N) is 2. The summed E-state index contributed by atoms with van der Waals surface area (Å²) < 4.78 is 11.1. The summed E-state index contributed by atoms with van der Waals surface area (Å²) in [6.07, 6.45) is 3.76. The molecule has 1 aromatic rings. The van der Waals surface area contributed by atoms with E-state index in [0.29, 0.717) is 24.7 Å². The van der Waals surface area contributed by atoms with Crippen LogP contribution in [0.1, 0.15) is 85.3 Å². The number of aldehydes is 1. The molecule has 8 unspecified atom stereocenters. The lowest BCUT2D eigenvalue weighted by Gasteiger charge is -2.37. The molecular formula is C34H59N3O6. The second-order valence-corrected chi connectivity index (χ2v) is 12.5. The molecule has 2 amide bonds. The van der Waals surface area contributed by atoms with Gasteiger partial charge in [0.2, 0.25) is 11.8 Å². The van der Waals surface area contributed by atoms with Gasteiger partial charge in [-0.15, -0.1) is 0 Å². The van der Waals surface area contributed by atoms with Crippen LogP contribution in [-0.4, -0.2) is 98.2 Å². The van der Waals surface area contributed by atoms with Crippen LogP contribution >= 0.6 is 0 Å². The number of nitrogens with one attached hydrogen (secondary N) is 1. The Morgan fingerprint density at radius 1 is 1.12 bits per heavy atom. The molecule has 0 saturated carbocycles. The van der Waals surface area contributed by atoms with Crippen LogP contribution in [0.3, 0.4) is 0 Å². The van der Waals surface area contributed by atoms with Gasteiger partial charge in [0.25, 0.3) is 0 Å². The molecule has 9 heteroatoms. The molecule has 1 aromatic carbocycles. The first-order chi connectivity index (χ1) is 20.3. The van der Waals surface area contributed by atoms with Crippen LogP contribution in [0.2, 0.25) is 0 Å². The molecule has 1 saturated heterocycles. The van der Waals surface area contributed by atoms with E-state index in [1.54, 1.807) is 19.1 Å². The predicted molar refractivity (Wildman–Crippen MR) is 172 cm³/mol. The van der Waals surface area contributed by atoms with Gasteiger partial charge in [0, 0.05) is 40.2 Å². The van der Waals surface area contributed by atoms with Gasteiger partial charge >= 0.3 is 0 Å². The summed E-state index contributed by atoms with van der Waals surface area (Å²) in [6.45, 7) is 13.0. The van der Waals surface area contributed by atoms with E-state index in [1.165, 1.54) is 0 Å². The third kappa shape index (κ3) is 11.9. The van der Waals surface area contributed by atoms with Crippen molar-refractivity contribution in [2.45, 2.75) is 110 Å². The lowest BCUT2D eigenvalue weighted by Crippen LogP contribution is -2.49. The number of likely N-dealkylation sites (tertiary alicyclic amines) is 1. The number of likely N-dealkylation sites (N-methyl/N-ethyl adjacent to an activating group) is 2. The number of amides is 2. The quantitative estimate of drug-likeness (QED) is 0.268. The number of ether oxygens (including phenoxy) is 2. The Balaban J connectivity index is 0.000000444. The van der Waals surface area contributed by atoms with Crippen molar-refractivity contribution in [2.75, 3.05) is 34.9 Å². The second-order valence-electron chi connectivity index (χ2n) is 12.5. The van der Waals surface area contributed by atoms with Crippen molar-refractivity contribution in [1.29, 1.82) is 0 Å². The van der Waals surface area contributed by atoms with E-state index in [9.17, 15) is 19.5 Å². The summed E-state index contributed by atoms with van der Waals surface area (Å²) in [6, 6.07) is 9.25. The highest BCUT2D eigenvalue weighted by Crippen LogP contribution is 2.26. The molecule has 1 heterocycles. The average Bonchev–Trinajstić information content (AvgIpc) is 3.41. The summed E-state index contributed by atoms with van der Waals surface area (Å²) in [5, 5.41) is 13.4. The number of carbonyl (C=O) groups excluding carboxylic acids is 3. The average molecular weight is 606 g/mol. The van der Waals surface area contributed by atoms with Crippen molar-refractivity contribution in [3.63, 3.8) is 0 Å². The zero-order valence-corrected chi connectivity index (χ0v) is 28.3. The fourth-order valence-electron chi connectivity index (χ4n) is 5.94. The zero-order valence-electron chi connectivity index (χ0n) is 28.3. The molecule has 2 rings (SSSR count). The van der Waals surface area contributed by atoms with Gasteiger partial charge in [0.05, 0.1) is 36.3 Å². The van der Waals surface area contributed by atoms with Gasteiger partial charge in [-0.05, 0) is 50.8 Å². The van der Waals surface area contributed by atoms with Gasteiger partial charge in [-0.25, -0.2) is 0 Å². The third-order valence-corrected chi connectivity index (χ3v) is 8.78. The summed E-state index contributed by atoms with van der Waals surface area (Å²) in [4.78, 5) is 39.7. The van der Waals surface area contributed by atoms with Crippen LogP contribution in [0.25, 0.3) is 0 Å². The topological polar surface area (TPSA) is 108 Å². The minimum Gasteiger partial charge on any atom is -0.386 e. The van der Waals surface area contributed by atoms with Crippen LogP contribution in [0.5, 0.6) is 0 Å². The van der Waals surface area contributed by atoms with E-state index in [4.69, 9.17) is 9.47 Å². The van der Waals surface area contributed by atoms with Crippen molar-refractivity contribution in [3.8, 4) is 0 Å². The lowest BCUT2D eigenvalue weighted by molar-refractivity contribution is -0.138. The zero-order chi connectivity index (χ0) is 32.7. The molecule has 0 spiro atoms. The normalized spacial score (nSPS) is 20.1. The molecule has 246 valence electrons. The highest BCUT2D eigenvalue weighted by Gasteiger charge is 2.37. The number of rotatable bonds is 16. The molecule has 1 aliphatic rings. The summed E-state index contributed by atoms with van der Waals surface area (Å²) in [5.74, 6) is 0.398. The Morgan fingerprint density at radius 3 is 2.21 bits per heavy atom. The molecule has 2 N–H and O–H groups in total. The highest BCUT2D eigenvalue weighted by atomic mass is 16.5. The molecule has 0 aromatic heterocycles. The van der Waals surface area contributed by atoms with E-state index in [1.807, 2.05) is 65.1 Å². The van der Waals surface area contributed by atoms with Crippen molar-refractivity contribution >= 4 is 18.1 Å². The Kier molecular flexibility index (Phi) is 17.9. The monoisotopic (exact) mass is 605 g/mol. The van der Waals surface area contributed by atoms with Crippen molar-refractivity contribution in [2.24, 2.45) is 17.8 Å². The number of hydrogen-bond acceptors (Lipinski definition) is 7. The van der Waals surface area contributed by atoms with Crippen LogP contribution < -0.4 is 5.32 Å². The third-order valence-electron chi connectivity index (χ3n) is 8.78. The fraction of sp³-hybridized carbons (Fsp3) is 0.735. The van der Waals surface area contributed by atoms with Gasteiger partial charge in [-0.2, -0.15) is 0 Å². The van der Waals surface area contributed by atoms with E-state index in [0.717, 1.165) is 37.7 Å². The van der Waals surface area contributed by atoms with Crippen LogP contribution in [0, 0.1) is 17.8 Å². The van der Waals surface area contributed by atoms with E-state index in [-0.39, 0.29) is 48.1 Å². The summed E-state index contributed by atoms with van der Waals surface area (Å²) in [7, 11) is 7.17.